The van der Waals surface area contributed by atoms with E-state index < -0.39 is 4.92 Å². The van der Waals surface area contributed by atoms with Gasteiger partial charge in [-0.25, -0.2) is 0 Å². The molecule has 4 aromatic carbocycles. The van der Waals surface area contributed by atoms with Gasteiger partial charge in [0.25, 0.3) is 5.69 Å². The standard InChI is InChI=1S/C33H28BrN3O3/c1-21-5-15-31-30(17-21)28-3-2-4-29(28)33(36-31)23-8-11-26(12-9-23)35-19-24-18-25(34)10-16-32(24)40-20-22-6-13-27(14-7-22)37(38)39/h2-3,5-19,28-29,33,36H,4,20H2,1H3/t28-,29-,33+/m1/s1. The third-order valence-corrected chi connectivity index (χ3v) is 8.13. The molecular weight excluding hydrogens is 566 g/mol. The minimum Gasteiger partial charge on any atom is -0.488 e. The molecule has 3 atom stereocenters. The third-order valence-electron chi connectivity index (χ3n) is 7.64. The maximum absolute atomic E-state index is 10.9. The monoisotopic (exact) mass is 593 g/mol. The number of ether oxygens (including phenoxy) is 1. The molecule has 0 radical (unpaired) electrons. The number of nitrogens with zero attached hydrogens (tertiary/aromatic N) is 2. The minimum absolute atomic E-state index is 0.0603. The third kappa shape index (κ3) is 5.42. The van der Waals surface area contributed by atoms with Crippen molar-refractivity contribution in [2.45, 2.75) is 31.9 Å². The van der Waals surface area contributed by atoms with Crippen molar-refractivity contribution in [3.8, 4) is 5.75 Å². The molecule has 0 spiro atoms. The van der Waals surface area contributed by atoms with E-state index in [9.17, 15) is 10.1 Å². The van der Waals surface area contributed by atoms with Crippen molar-refractivity contribution in [3.63, 3.8) is 0 Å². The Morgan fingerprint density at radius 1 is 1.05 bits per heavy atom. The summed E-state index contributed by atoms with van der Waals surface area (Å²) in [5.41, 5.74) is 7.78. The summed E-state index contributed by atoms with van der Waals surface area (Å²) < 4.78 is 6.97. The number of hydrogen-bond acceptors (Lipinski definition) is 5. The van der Waals surface area contributed by atoms with E-state index in [1.807, 2.05) is 18.2 Å². The number of fused-ring (bicyclic) bond motifs is 3. The Hall–Kier alpha value is -4.23. The van der Waals surface area contributed by atoms with Crippen LogP contribution >= 0.6 is 15.9 Å². The Morgan fingerprint density at radius 2 is 1.85 bits per heavy atom. The van der Waals surface area contributed by atoms with E-state index in [-0.39, 0.29) is 11.7 Å². The molecule has 200 valence electrons. The highest BCUT2D eigenvalue weighted by Crippen LogP contribution is 2.50. The second kappa shape index (κ2) is 11.1. The Balaban J connectivity index is 1.17. The van der Waals surface area contributed by atoms with E-state index in [1.165, 1.54) is 34.5 Å². The Bertz CT molecular complexity index is 1610. The van der Waals surface area contributed by atoms with Gasteiger partial charge in [-0.2, -0.15) is 0 Å². The molecule has 1 aliphatic heterocycles. The molecule has 0 fully saturated rings. The van der Waals surface area contributed by atoms with Crippen LogP contribution in [0.3, 0.4) is 0 Å². The molecule has 0 amide bonds. The van der Waals surface area contributed by atoms with E-state index in [1.54, 1.807) is 18.3 Å². The zero-order valence-corrected chi connectivity index (χ0v) is 23.5. The molecule has 4 aromatic rings. The fraction of sp³-hybridized carbons (Fsp3) is 0.182. The van der Waals surface area contributed by atoms with E-state index in [0.29, 0.717) is 24.2 Å². The van der Waals surface area contributed by atoms with Gasteiger partial charge in [-0.05, 0) is 84.5 Å². The molecule has 1 heterocycles. The van der Waals surface area contributed by atoms with Crippen LogP contribution in [0.4, 0.5) is 17.1 Å². The second-order valence-electron chi connectivity index (χ2n) is 10.3. The number of nitrogens with one attached hydrogen (secondary N) is 1. The van der Waals surface area contributed by atoms with Gasteiger partial charge in [0.05, 0.1) is 16.7 Å². The van der Waals surface area contributed by atoms with Crippen molar-refractivity contribution in [2.75, 3.05) is 5.32 Å². The van der Waals surface area contributed by atoms with Crippen molar-refractivity contribution in [2.24, 2.45) is 10.9 Å². The molecule has 2 aliphatic rings. The highest BCUT2D eigenvalue weighted by Gasteiger charge is 2.37. The first-order chi connectivity index (χ1) is 19.4. The predicted octanol–water partition coefficient (Wildman–Crippen LogP) is 8.82. The van der Waals surface area contributed by atoms with Crippen LogP contribution < -0.4 is 10.1 Å². The molecule has 0 saturated carbocycles. The van der Waals surface area contributed by atoms with Crippen LogP contribution in [-0.2, 0) is 6.61 Å². The number of aryl methyl sites for hydroxylation is 1. The highest BCUT2D eigenvalue weighted by molar-refractivity contribution is 9.10. The highest BCUT2D eigenvalue weighted by atomic mass is 79.9. The summed E-state index contributed by atoms with van der Waals surface area (Å²) in [7, 11) is 0. The zero-order valence-electron chi connectivity index (χ0n) is 22.0. The number of aliphatic imine (C=N–C) groups is 1. The number of halogens is 1. The lowest BCUT2D eigenvalue weighted by atomic mass is 9.76. The first-order valence-electron chi connectivity index (χ1n) is 13.3. The van der Waals surface area contributed by atoms with Gasteiger partial charge in [0.15, 0.2) is 0 Å². The lowest BCUT2D eigenvalue weighted by Crippen LogP contribution is -2.29. The Morgan fingerprint density at radius 3 is 2.62 bits per heavy atom. The first kappa shape index (κ1) is 26.0. The number of nitro benzene ring substituents is 1. The number of allylic oxidation sites excluding steroid dienone is 2. The number of nitro groups is 1. The van der Waals surface area contributed by atoms with Gasteiger partial charge in [-0.1, -0.05) is 57.9 Å². The smallest absolute Gasteiger partial charge is 0.269 e. The van der Waals surface area contributed by atoms with Crippen LogP contribution in [-0.4, -0.2) is 11.1 Å². The lowest BCUT2D eigenvalue weighted by Gasteiger charge is -2.37. The lowest BCUT2D eigenvalue weighted by molar-refractivity contribution is -0.384. The fourth-order valence-electron chi connectivity index (χ4n) is 5.58. The van der Waals surface area contributed by atoms with Crippen LogP contribution in [0.5, 0.6) is 5.75 Å². The summed E-state index contributed by atoms with van der Waals surface area (Å²) >= 11 is 3.54. The molecule has 6 rings (SSSR count). The molecule has 0 saturated heterocycles. The van der Waals surface area contributed by atoms with E-state index in [4.69, 9.17) is 9.73 Å². The van der Waals surface area contributed by atoms with Crippen LogP contribution in [0, 0.1) is 23.0 Å². The normalized spacial score (nSPS) is 19.2. The summed E-state index contributed by atoms with van der Waals surface area (Å²) in [5, 5.41) is 14.7. The van der Waals surface area contributed by atoms with Crippen molar-refractivity contribution >= 4 is 39.2 Å². The molecule has 7 heteroatoms. The number of non-ortho nitro benzene ring substituents is 1. The quantitative estimate of drug-likeness (QED) is 0.100. The molecule has 1 N–H and O–H groups in total. The summed E-state index contributed by atoms with van der Waals surface area (Å²) in [6, 6.07) is 27.6. The number of anilines is 1. The van der Waals surface area contributed by atoms with Gasteiger partial charge in [0.2, 0.25) is 0 Å². The average molecular weight is 595 g/mol. The van der Waals surface area contributed by atoms with Crippen LogP contribution in [0.1, 0.15) is 46.2 Å². The second-order valence-corrected chi connectivity index (χ2v) is 11.2. The molecule has 6 nitrogen and oxygen atoms in total. The van der Waals surface area contributed by atoms with Crippen LogP contribution in [0.15, 0.2) is 107 Å². The van der Waals surface area contributed by atoms with Gasteiger partial charge in [0.1, 0.15) is 12.4 Å². The number of benzene rings is 4. The van der Waals surface area contributed by atoms with Crippen molar-refractivity contribution in [1.29, 1.82) is 0 Å². The van der Waals surface area contributed by atoms with E-state index in [2.05, 4.69) is 82.8 Å². The van der Waals surface area contributed by atoms with Crippen LogP contribution in [0.25, 0.3) is 0 Å². The Labute approximate surface area is 241 Å². The maximum Gasteiger partial charge on any atom is 0.269 e. The number of hydrogen-bond donors (Lipinski definition) is 1. The minimum atomic E-state index is -0.408. The fourth-order valence-corrected chi connectivity index (χ4v) is 5.96. The van der Waals surface area contributed by atoms with Crippen molar-refractivity contribution in [3.05, 3.63) is 139 Å². The molecule has 0 aromatic heterocycles. The zero-order chi connectivity index (χ0) is 27.6. The van der Waals surface area contributed by atoms with Gasteiger partial charge < -0.3 is 10.1 Å². The van der Waals surface area contributed by atoms with Gasteiger partial charge in [-0.15, -0.1) is 0 Å². The summed E-state index contributed by atoms with van der Waals surface area (Å²) in [6.45, 7) is 2.45. The molecule has 0 unspecified atom stereocenters. The summed E-state index contributed by atoms with van der Waals surface area (Å²) in [5.74, 6) is 1.63. The summed E-state index contributed by atoms with van der Waals surface area (Å²) in [6.07, 6.45) is 7.56. The molecule has 0 bridgehead atoms. The van der Waals surface area contributed by atoms with Gasteiger partial charge in [0, 0.05) is 40.0 Å². The van der Waals surface area contributed by atoms with Crippen molar-refractivity contribution in [1.82, 2.24) is 0 Å². The molecule has 1 aliphatic carbocycles. The van der Waals surface area contributed by atoms with Crippen molar-refractivity contribution < 1.29 is 9.66 Å². The van der Waals surface area contributed by atoms with Gasteiger partial charge >= 0.3 is 0 Å². The van der Waals surface area contributed by atoms with Gasteiger partial charge in [-0.3, -0.25) is 15.1 Å². The van der Waals surface area contributed by atoms with Crippen LogP contribution in [0.2, 0.25) is 0 Å². The first-order valence-corrected chi connectivity index (χ1v) is 14.1. The Kier molecular flexibility index (Phi) is 7.22. The average Bonchev–Trinajstić information content (AvgIpc) is 3.46. The maximum atomic E-state index is 10.9. The van der Waals surface area contributed by atoms with E-state index in [0.717, 1.165) is 27.7 Å². The largest absolute Gasteiger partial charge is 0.488 e. The van der Waals surface area contributed by atoms with E-state index >= 15 is 0 Å². The molecule has 40 heavy (non-hydrogen) atoms. The molecular formula is C33H28BrN3O3. The number of rotatable bonds is 7. The predicted molar refractivity (Wildman–Crippen MR) is 163 cm³/mol. The topological polar surface area (TPSA) is 76.8 Å². The SMILES string of the molecule is Cc1ccc2c(c1)[C@@H]1C=CC[C@H]1[C@H](c1ccc(N=Cc3cc(Br)ccc3OCc3ccc([N+](=O)[O-])cc3)cc1)N2. The summed E-state index contributed by atoms with van der Waals surface area (Å²) in [4.78, 5) is 15.2.